The van der Waals surface area contributed by atoms with Crippen LogP contribution in [0.3, 0.4) is 0 Å². The van der Waals surface area contributed by atoms with Crippen molar-refractivity contribution in [1.82, 2.24) is 9.29 Å². The van der Waals surface area contributed by atoms with Crippen LogP contribution in [-0.2, 0) is 26.2 Å². The van der Waals surface area contributed by atoms with Gasteiger partial charge in [0.05, 0.1) is 12.2 Å². The van der Waals surface area contributed by atoms with Crippen molar-refractivity contribution in [2.75, 3.05) is 19.3 Å². The highest BCUT2D eigenvalue weighted by Crippen LogP contribution is 2.20. The summed E-state index contributed by atoms with van der Waals surface area (Å²) in [5.41, 5.74) is 0.532. The molecule has 0 bridgehead atoms. The van der Waals surface area contributed by atoms with Crippen LogP contribution < -0.4 is 0 Å². The minimum atomic E-state index is -3.20. The monoisotopic (exact) mass is 316 g/mol. The summed E-state index contributed by atoms with van der Waals surface area (Å²) in [5, 5.41) is 0. The van der Waals surface area contributed by atoms with Gasteiger partial charge in [0, 0.05) is 19.3 Å². The van der Waals surface area contributed by atoms with Gasteiger partial charge in [0.15, 0.2) is 0 Å². The molecule has 0 aliphatic carbocycles. The number of ether oxygens (including phenoxy) is 1. The van der Waals surface area contributed by atoms with Gasteiger partial charge in [0.1, 0.15) is 6.61 Å². The number of pyridine rings is 1. The summed E-state index contributed by atoms with van der Waals surface area (Å²) < 4.78 is 42.1. The van der Waals surface area contributed by atoms with Crippen LogP contribution in [0.5, 0.6) is 0 Å². The fraction of sp³-hybridized carbons (Fsp3) is 0.538. The second-order valence-electron chi connectivity index (χ2n) is 5.03. The number of halogens is 1. The molecule has 1 aliphatic rings. The standard InChI is InChI=1S/C13H17FN2O4S/c1-21(18,19)16-6-3-11(4-7-16)13(17)20-9-10-2-5-15-12(14)8-10/h2,5,8,11H,3-4,6-7,9H2,1H3. The molecule has 0 N–H and O–H groups in total. The summed E-state index contributed by atoms with van der Waals surface area (Å²) in [6.07, 6.45) is 3.35. The van der Waals surface area contributed by atoms with Crippen molar-refractivity contribution in [3.8, 4) is 0 Å². The molecule has 2 rings (SSSR count). The molecular weight excluding hydrogens is 299 g/mol. The number of piperidine rings is 1. The van der Waals surface area contributed by atoms with Gasteiger partial charge in [-0.05, 0) is 30.5 Å². The van der Waals surface area contributed by atoms with Gasteiger partial charge < -0.3 is 4.74 Å². The molecule has 1 aromatic heterocycles. The van der Waals surface area contributed by atoms with Gasteiger partial charge in [-0.3, -0.25) is 4.79 Å². The minimum Gasteiger partial charge on any atom is -0.461 e. The van der Waals surface area contributed by atoms with Crippen LogP contribution in [0.15, 0.2) is 18.3 Å². The molecule has 0 spiro atoms. The number of hydrogen-bond acceptors (Lipinski definition) is 5. The van der Waals surface area contributed by atoms with Gasteiger partial charge >= 0.3 is 5.97 Å². The summed E-state index contributed by atoms with van der Waals surface area (Å²) in [4.78, 5) is 15.3. The van der Waals surface area contributed by atoms with Gasteiger partial charge in [0.2, 0.25) is 16.0 Å². The first kappa shape index (κ1) is 15.8. The first-order valence-corrected chi connectivity index (χ1v) is 8.43. The third kappa shape index (κ3) is 4.47. The summed E-state index contributed by atoms with van der Waals surface area (Å²) in [5.74, 6) is -1.31. The van der Waals surface area contributed by atoms with Crippen molar-refractivity contribution < 1.29 is 22.3 Å². The fourth-order valence-corrected chi connectivity index (χ4v) is 3.10. The highest BCUT2D eigenvalue weighted by Gasteiger charge is 2.29. The molecule has 21 heavy (non-hydrogen) atoms. The lowest BCUT2D eigenvalue weighted by molar-refractivity contribution is -0.151. The van der Waals surface area contributed by atoms with Gasteiger partial charge in [-0.15, -0.1) is 0 Å². The lowest BCUT2D eigenvalue weighted by Gasteiger charge is -2.28. The zero-order valence-corrected chi connectivity index (χ0v) is 12.5. The van der Waals surface area contributed by atoms with E-state index in [9.17, 15) is 17.6 Å². The molecule has 8 heteroatoms. The summed E-state index contributed by atoms with van der Waals surface area (Å²) in [6.45, 7) is 0.634. The number of nitrogens with zero attached hydrogens (tertiary/aromatic N) is 2. The zero-order chi connectivity index (χ0) is 15.5. The number of aromatic nitrogens is 1. The van der Waals surface area contributed by atoms with Crippen LogP contribution >= 0.6 is 0 Å². The number of carbonyl (C=O) groups is 1. The third-order valence-corrected chi connectivity index (χ3v) is 4.73. The maximum Gasteiger partial charge on any atom is 0.309 e. The lowest BCUT2D eigenvalue weighted by Crippen LogP contribution is -2.40. The molecule has 116 valence electrons. The van der Waals surface area contributed by atoms with Gasteiger partial charge in [-0.2, -0.15) is 4.39 Å². The summed E-state index contributed by atoms with van der Waals surface area (Å²) >= 11 is 0. The second kappa shape index (κ2) is 6.48. The fourth-order valence-electron chi connectivity index (χ4n) is 2.23. The van der Waals surface area contributed by atoms with E-state index in [0.717, 1.165) is 6.26 Å². The Morgan fingerprint density at radius 3 is 2.71 bits per heavy atom. The van der Waals surface area contributed by atoms with E-state index < -0.39 is 16.0 Å². The van der Waals surface area contributed by atoms with E-state index in [1.54, 1.807) is 6.07 Å². The number of esters is 1. The maximum absolute atomic E-state index is 12.9. The van der Waals surface area contributed by atoms with Crippen LogP contribution in [-0.4, -0.2) is 43.0 Å². The van der Waals surface area contributed by atoms with Gasteiger partial charge in [-0.25, -0.2) is 17.7 Å². The van der Waals surface area contributed by atoms with Crippen molar-refractivity contribution in [3.63, 3.8) is 0 Å². The molecule has 0 aromatic carbocycles. The predicted octanol–water partition coefficient (Wildman–Crippen LogP) is 0.935. The quantitative estimate of drug-likeness (QED) is 0.610. The Morgan fingerprint density at radius 2 is 2.14 bits per heavy atom. The van der Waals surface area contributed by atoms with E-state index in [4.69, 9.17) is 4.74 Å². The minimum absolute atomic E-state index is 0.00936. The van der Waals surface area contributed by atoms with Crippen LogP contribution in [0.25, 0.3) is 0 Å². The highest BCUT2D eigenvalue weighted by atomic mass is 32.2. The number of hydrogen-bond donors (Lipinski definition) is 0. The Labute approximate surface area is 123 Å². The molecule has 0 radical (unpaired) electrons. The second-order valence-corrected chi connectivity index (χ2v) is 7.01. The molecule has 2 heterocycles. The molecule has 6 nitrogen and oxygen atoms in total. The zero-order valence-electron chi connectivity index (χ0n) is 11.7. The van der Waals surface area contributed by atoms with E-state index in [-0.39, 0.29) is 18.5 Å². The normalized spacial score (nSPS) is 17.6. The molecule has 0 unspecified atom stereocenters. The summed E-state index contributed by atoms with van der Waals surface area (Å²) in [7, 11) is -3.20. The van der Waals surface area contributed by atoms with Crippen molar-refractivity contribution in [3.05, 3.63) is 29.8 Å². The van der Waals surface area contributed by atoms with Crippen LogP contribution in [0.1, 0.15) is 18.4 Å². The topological polar surface area (TPSA) is 76.6 Å². The maximum atomic E-state index is 12.9. The summed E-state index contributed by atoms with van der Waals surface area (Å²) in [6, 6.07) is 2.78. The van der Waals surface area contributed by atoms with Crippen molar-refractivity contribution in [2.24, 2.45) is 5.92 Å². The van der Waals surface area contributed by atoms with E-state index >= 15 is 0 Å². The van der Waals surface area contributed by atoms with Crippen molar-refractivity contribution in [2.45, 2.75) is 19.4 Å². The van der Waals surface area contributed by atoms with Gasteiger partial charge in [0.25, 0.3) is 0 Å². The third-order valence-electron chi connectivity index (χ3n) is 3.43. The van der Waals surface area contributed by atoms with E-state index in [1.807, 2.05) is 0 Å². The molecule has 0 amide bonds. The molecule has 1 aliphatic heterocycles. The highest BCUT2D eigenvalue weighted by molar-refractivity contribution is 7.88. The molecule has 0 saturated carbocycles. The van der Waals surface area contributed by atoms with Crippen LogP contribution in [0, 0.1) is 11.9 Å². The molecule has 1 saturated heterocycles. The molecular formula is C13H17FN2O4S. The van der Waals surface area contributed by atoms with Crippen molar-refractivity contribution in [1.29, 1.82) is 0 Å². The molecule has 1 fully saturated rings. The van der Waals surface area contributed by atoms with Crippen LogP contribution in [0.4, 0.5) is 4.39 Å². The number of sulfonamides is 1. The Bertz CT molecular complexity index is 612. The average Bonchev–Trinajstić information content (AvgIpc) is 2.44. The Kier molecular flexibility index (Phi) is 4.89. The Morgan fingerprint density at radius 1 is 1.48 bits per heavy atom. The largest absolute Gasteiger partial charge is 0.461 e. The average molecular weight is 316 g/mol. The first-order chi connectivity index (χ1) is 9.86. The van der Waals surface area contributed by atoms with Crippen molar-refractivity contribution >= 4 is 16.0 Å². The Hall–Kier alpha value is -1.54. The van der Waals surface area contributed by atoms with E-state index in [2.05, 4.69) is 4.98 Å². The molecule has 1 aromatic rings. The van der Waals surface area contributed by atoms with E-state index in [1.165, 1.54) is 16.6 Å². The van der Waals surface area contributed by atoms with Crippen LogP contribution in [0.2, 0.25) is 0 Å². The molecule has 0 atom stereocenters. The SMILES string of the molecule is CS(=O)(=O)N1CCC(C(=O)OCc2ccnc(F)c2)CC1. The van der Waals surface area contributed by atoms with E-state index in [0.29, 0.717) is 31.5 Å². The smallest absolute Gasteiger partial charge is 0.309 e. The number of carbonyl (C=O) groups excluding carboxylic acids is 1. The van der Waals surface area contributed by atoms with Gasteiger partial charge in [-0.1, -0.05) is 0 Å². The first-order valence-electron chi connectivity index (χ1n) is 6.58. The predicted molar refractivity (Wildman–Crippen MR) is 73.1 cm³/mol. The lowest BCUT2D eigenvalue weighted by atomic mass is 9.98. The Balaban J connectivity index is 1.83. The number of rotatable bonds is 4.